The molecule has 0 atom stereocenters. The number of halogens is 1. The average molecular weight is 296 g/mol. The van der Waals surface area contributed by atoms with Gasteiger partial charge in [-0.3, -0.25) is 9.69 Å². The van der Waals surface area contributed by atoms with E-state index < -0.39 is 0 Å². The molecule has 5 heteroatoms. The van der Waals surface area contributed by atoms with E-state index in [-0.39, 0.29) is 5.91 Å². The lowest BCUT2D eigenvalue weighted by Gasteiger charge is -2.33. The smallest absolute Gasteiger partial charge is 0.236 e. The van der Waals surface area contributed by atoms with Gasteiger partial charge in [0, 0.05) is 43.9 Å². The molecule has 1 amide bonds. The highest BCUT2D eigenvalue weighted by atomic mass is 35.5. The Balaban J connectivity index is 1.78. The number of hydrogen-bond acceptors (Lipinski definition) is 3. The molecule has 0 aliphatic carbocycles. The van der Waals surface area contributed by atoms with Gasteiger partial charge in [-0.25, -0.2) is 0 Å². The van der Waals surface area contributed by atoms with Gasteiger partial charge in [-0.05, 0) is 31.0 Å². The van der Waals surface area contributed by atoms with E-state index in [4.69, 9.17) is 11.6 Å². The van der Waals surface area contributed by atoms with Crippen LogP contribution < -0.4 is 5.32 Å². The largest absolute Gasteiger partial charge is 0.382 e. The number of anilines is 1. The van der Waals surface area contributed by atoms with Crippen LogP contribution in [-0.4, -0.2) is 55.5 Å². The van der Waals surface area contributed by atoms with Gasteiger partial charge in [-0.15, -0.1) is 0 Å². The van der Waals surface area contributed by atoms with E-state index in [1.165, 1.54) is 0 Å². The molecule has 1 aromatic rings. The molecule has 0 unspecified atom stereocenters. The minimum atomic E-state index is 0.172. The molecule has 1 aliphatic heterocycles. The van der Waals surface area contributed by atoms with Crippen LogP contribution in [0.25, 0.3) is 0 Å². The summed E-state index contributed by atoms with van der Waals surface area (Å²) in [6.07, 6.45) is 2.10. The van der Waals surface area contributed by atoms with E-state index in [2.05, 4.69) is 10.2 Å². The van der Waals surface area contributed by atoms with Gasteiger partial charge in [0.1, 0.15) is 0 Å². The summed E-state index contributed by atoms with van der Waals surface area (Å²) < 4.78 is 0. The summed E-state index contributed by atoms with van der Waals surface area (Å²) in [6.45, 7) is 2.44. The Bertz CT molecular complexity index is 456. The van der Waals surface area contributed by atoms with Crippen molar-refractivity contribution < 1.29 is 4.79 Å². The molecule has 0 saturated carbocycles. The molecule has 1 saturated heterocycles. The van der Waals surface area contributed by atoms with Crippen LogP contribution in [0.1, 0.15) is 12.8 Å². The number of likely N-dealkylation sites (tertiary alicyclic amines) is 1. The summed E-state index contributed by atoms with van der Waals surface area (Å²) in [4.78, 5) is 15.5. The van der Waals surface area contributed by atoms with E-state index in [1.807, 2.05) is 24.3 Å². The molecule has 0 radical (unpaired) electrons. The zero-order valence-corrected chi connectivity index (χ0v) is 12.9. The number of benzene rings is 1. The van der Waals surface area contributed by atoms with E-state index >= 15 is 0 Å². The first-order chi connectivity index (χ1) is 9.54. The summed E-state index contributed by atoms with van der Waals surface area (Å²) in [5.41, 5.74) is 1.07. The molecule has 110 valence electrons. The van der Waals surface area contributed by atoms with Crippen LogP contribution in [0.5, 0.6) is 0 Å². The molecule has 0 spiro atoms. The third-order valence-corrected chi connectivity index (χ3v) is 3.88. The zero-order chi connectivity index (χ0) is 14.5. The number of nitrogens with zero attached hydrogens (tertiary/aromatic N) is 2. The van der Waals surface area contributed by atoms with E-state index in [1.54, 1.807) is 19.0 Å². The van der Waals surface area contributed by atoms with Crippen LogP contribution in [0.15, 0.2) is 24.3 Å². The molecule has 2 rings (SSSR count). The topological polar surface area (TPSA) is 35.6 Å². The van der Waals surface area contributed by atoms with Gasteiger partial charge in [-0.2, -0.15) is 0 Å². The summed E-state index contributed by atoms with van der Waals surface area (Å²) in [5.74, 6) is 0.172. The second-order valence-electron chi connectivity index (χ2n) is 5.49. The lowest BCUT2D eigenvalue weighted by atomic mass is 10.0. The van der Waals surface area contributed by atoms with Crippen LogP contribution in [0.2, 0.25) is 5.02 Å². The Kier molecular flexibility index (Phi) is 5.26. The third kappa shape index (κ3) is 4.39. The number of nitrogens with one attached hydrogen (secondary N) is 1. The summed E-state index contributed by atoms with van der Waals surface area (Å²) in [5, 5.41) is 4.27. The minimum Gasteiger partial charge on any atom is -0.382 e. The van der Waals surface area contributed by atoms with Gasteiger partial charge in [0.15, 0.2) is 0 Å². The fraction of sp³-hybridized carbons (Fsp3) is 0.533. The normalized spacial score (nSPS) is 16.9. The Labute approximate surface area is 125 Å². The molecular weight excluding hydrogens is 274 g/mol. The third-order valence-electron chi connectivity index (χ3n) is 3.64. The number of likely N-dealkylation sites (N-methyl/N-ethyl adjacent to an activating group) is 1. The van der Waals surface area contributed by atoms with Crippen molar-refractivity contribution in [3.8, 4) is 0 Å². The van der Waals surface area contributed by atoms with Crippen molar-refractivity contribution in [3.05, 3.63) is 29.3 Å². The second-order valence-corrected chi connectivity index (χ2v) is 5.93. The van der Waals surface area contributed by atoms with E-state index in [0.717, 1.165) is 36.6 Å². The highest BCUT2D eigenvalue weighted by Gasteiger charge is 2.21. The zero-order valence-electron chi connectivity index (χ0n) is 12.1. The molecule has 1 heterocycles. The molecule has 20 heavy (non-hydrogen) atoms. The predicted molar refractivity (Wildman–Crippen MR) is 83.2 cm³/mol. The van der Waals surface area contributed by atoms with Crippen LogP contribution >= 0.6 is 11.6 Å². The highest BCUT2D eigenvalue weighted by Crippen LogP contribution is 2.19. The average Bonchev–Trinajstić information content (AvgIpc) is 2.41. The first-order valence-corrected chi connectivity index (χ1v) is 7.37. The lowest BCUT2D eigenvalue weighted by Crippen LogP contribution is -2.43. The van der Waals surface area contributed by atoms with Gasteiger partial charge in [-0.1, -0.05) is 17.7 Å². The van der Waals surface area contributed by atoms with Gasteiger partial charge in [0.05, 0.1) is 6.54 Å². The van der Waals surface area contributed by atoms with Gasteiger partial charge in [0.2, 0.25) is 5.91 Å². The van der Waals surface area contributed by atoms with Crippen molar-refractivity contribution in [3.63, 3.8) is 0 Å². The lowest BCUT2D eigenvalue weighted by molar-refractivity contribution is -0.130. The SMILES string of the molecule is CN(C)C(=O)CN1CCC(Nc2cccc(Cl)c2)CC1. The molecular formula is C15H22ClN3O. The highest BCUT2D eigenvalue weighted by molar-refractivity contribution is 6.30. The fourth-order valence-electron chi connectivity index (χ4n) is 2.38. The molecule has 0 bridgehead atoms. The van der Waals surface area contributed by atoms with Crippen molar-refractivity contribution in [1.82, 2.24) is 9.80 Å². The van der Waals surface area contributed by atoms with Crippen LogP contribution in [0, 0.1) is 0 Å². The summed E-state index contributed by atoms with van der Waals surface area (Å²) in [6, 6.07) is 8.27. The fourth-order valence-corrected chi connectivity index (χ4v) is 2.57. The van der Waals surface area contributed by atoms with Crippen molar-refractivity contribution in [2.45, 2.75) is 18.9 Å². The van der Waals surface area contributed by atoms with E-state index in [9.17, 15) is 4.79 Å². The Morgan fingerprint density at radius 2 is 2.10 bits per heavy atom. The molecule has 0 aromatic heterocycles. The summed E-state index contributed by atoms with van der Waals surface area (Å²) in [7, 11) is 3.60. The maximum Gasteiger partial charge on any atom is 0.236 e. The number of amides is 1. The predicted octanol–water partition coefficient (Wildman–Crippen LogP) is 2.30. The number of rotatable bonds is 4. The van der Waals surface area contributed by atoms with Crippen LogP contribution in [-0.2, 0) is 4.79 Å². The molecule has 1 fully saturated rings. The van der Waals surface area contributed by atoms with Crippen molar-refractivity contribution in [1.29, 1.82) is 0 Å². The van der Waals surface area contributed by atoms with Crippen molar-refractivity contribution in [2.24, 2.45) is 0 Å². The van der Waals surface area contributed by atoms with E-state index in [0.29, 0.717) is 12.6 Å². The Morgan fingerprint density at radius 3 is 2.70 bits per heavy atom. The first kappa shape index (κ1) is 15.1. The molecule has 1 N–H and O–H groups in total. The van der Waals surface area contributed by atoms with Crippen molar-refractivity contribution >= 4 is 23.2 Å². The van der Waals surface area contributed by atoms with Crippen LogP contribution in [0.3, 0.4) is 0 Å². The quantitative estimate of drug-likeness (QED) is 0.926. The first-order valence-electron chi connectivity index (χ1n) is 6.99. The molecule has 1 aromatic carbocycles. The Morgan fingerprint density at radius 1 is 1.40 bits per heavy atom. The number of hydrogen-bond donors (Lipinski definition) is 1. The molecule has 1 aliphatic rings. The number of carbonyl (C=O) groups excluding carboxylic acids is 1. The van der Waals surface area contributed by atoms with Gasteiger partial charge >= 0.3 is 0 Å². The standard InChI is InChI=1S/C15H22ClN3O/c1-18(2)15(20)11-19-8-6-13(7-9-19)17-14-5-3-4-12(16)10-14/h3-5,10,13,17H,6-9,11H2,1-2H3. The van der Waals surface area contributed by atoms with Gasteiger partial charge in [0.25, 0.3) is 0 Å². The minimum absolute atomic E-state index is 0.172. The Hall–Kier alpha value is -1.26. The van der Waals surface area contributed by atoms with Crippen LogP contribution in [0.4, 0.5) is 5.69 Å². The maximum atomic E-state index is 11.7. The maximum absolute atomic E-state index is 11.7. The van der Waals surface area contributed by atoms with Crippen molar-refractivity contribution in [2.75, 3.05) is 39.0 Å². The monoisotopic (exact) mass is 295 g/mol. The second kappa shape index (κ2) is 6.95. The number of piperidine rings is 1. The van der Waals surface area contributed by atoms with Gasteiger partial charge < -0.3 is 10.2 Å². The molecule has 4 nitrogen and oxygen atoms in total. The summed E-state index contributed by atoms with van der Waals surface area (Å²) >= 11 is 5.98. The number of carbonyl (C=O) groups is 1.